The van der Waals surface area contributed by atoms with E-state index in [1.807, 2.05) is 24.7 Å². The molecule has 4 rings (SSSR count). The van der Waals surface area contributed by atoms with Gasteiger partial charge in [-0.05, 0) is 54.5 Å². The fraction of sp³-hybridized carbons (Fsp3) is 0.417. The summed E-state index contributed by atoms with van der Waals surface area (Å²) in [4.78, 5) is 6.74. The number of pyridine rings is 1. The number of ether oxygens (including phenoxy) is 1. The summed E-state index contributed by atoms with van der Waals surface area (Å²) >= 11 is 0. The molecule has 0 radical (unpaired) electrons. The van der Waals surface area contributed by atoms with Crippen molar-refractivity contribution in [3.05, 3.63) is 83.4 Å². The van der Waals surface area contributed by atoms with Gasteiger partial charge in [0.05, 0.1) is 5.69 Å². The second-order valence-electron chi connectivity index (χ2n) is 7.76. The Morgan fingerprint density at radius 3 is 2.52 bits per heavy atom. The van der Waals surface area contributed by atoms with Crippen molar-refractivity contribution in [2.24, 2.45) is 0 Å². The maximum atomic E-state index is 5.98. The maximum absolute atomic E-state index is 5.98. The second-order valence-corrected chi connectivity index (χ2v) is 7.76. The molecule has 1 atom stereocenters. The van der Waals surface area contributed by atoms with Gasteiger partial charge < -0.3 is 4.74 Å². The lowest BCUT2D eigenvalue weighted by Gasteiger charge is -2.27. The van der Waals surface area contributed by atoms with E-state index in [0.717, 1.165) is 45.5 Å². The van der Waals surface area contributed by atoms with Gasteiger partial charge in [-0.1, -0.05) is 37.3 Å². The Kier molecular flexibility index (Phi) is 6.70. The Balaban J connectivity index is 1.52. The third-order valence-electron chi connectivity index (χ3n) is 5.53. The van der Waals surface area contributed by atoms with Gasteiger partial charge in [0.25, 0.3) is 0 Å². The smallest absolute Gasteiger partial charge is 0.150 e. The van der Waals surface area contributed by atoms with Crippen molar-refractivity contribution in [3.8, 4) is 0 Å². The van der Waals surface area contributed by atoms with E-state index in [1.54, 1.807) is 0 Å². The number of aryl methyl sites for hydroxylation is 1. The monoisotopic (exact) mass is 390 g/mol. The molecule has 0 amide bonds. The van der Waals surface area contributed by atoms with Crippen LogP contribution in [0.3, 0.4) is 0 Å². The van der Waals surface area contributed by atoms with Gasteiger partial charge in [-0.3, -0.25) is 9.88 Å². The van der Waals surface area contributed by atoms with Crippen LogP contribution in [0.1, 0.15) is 54.8 Å². The molecule has 1 fully saturated rings. The van der Waals surface area contributed by atoms with Crippen LogP contribution in [0.15, 0.2) is 61.1 Å². The summed E-state index contributed by atoms with van der Waals surface area (Å²) < 4.78 is 8.06. The number of aromatic nitrogens is 3. The first-order chi connectivity index (χ1) is 14.3. The molecule has 5 heteroatoms. The van der Waals surface area contributed by atoms with Crippen LogP contribution in [0, 0.1) is 0 Å². The van der Waals surface area contributed by atoms with Gasteiger partial charge in [0, 0.05) is 44.8 Å². The number of hydrogen-bond acceptors (Lipinski definition) is 4. The van der Waals surface area contributed by atoms with Gasteiger partial charge in [0.2, 0.25) is 0 Å². The molecule has 5 nitrogen and oxygen atoms in total. The van der Waals surface area contributed by atoms with Crippen molar-refractivity contribution in [3.63, 3.8) is 0 Å². The van der Waals surface area contributed by atoms with E-state index in [1.165, 1.54) is 28.8 Å². The predicted octanol–water partition coefficient (Wildman–Crippen LogP) is 4.74. The van der Waals surface area contributed by atoms with Crippen LogP contribution in [-0.4, -0.2) is 26.3 Å². The normalized spacial score (nSPS) is 17.0. The topological polar surface area (TPSA) is 43.2 Å². The molecule has 0 N–H and O–H groups in total. The third kappa shape index (κ3) is 5.31. The van der Waals surface area contributed by atoms with Crippen LogP contribution in [0.5, 0.6) is 0 Å². The SMILES string of the molecule is CCc1ccc(CN(Cc2cccnc2)Cc2ccnn2[C@H]2CCCCO2)cc1. The van der Waals surface area contributed by atoms with Gasteiger partial charge in [0.1, 0.15) is 0 Å². The first-order valence-corrected chi connectivity index (χ1v) is 10.6. The molecule has 1 aliphatic heterocycles. The van der Waals surface area contributed by atoms with Crippen molar-refractivity contribution >= 4 is 0 Å². The first-order valence-electron chi connectivity index (χ1n) is 10.6. The Bertz CT molecular complexity index is 869. The first kappa shape index (κ1) is 19.8. The molecule has 1 saturated heterocycles. The van der Waals surface area contributed by atoms with Crippen molar-refractivity contribution in [1.29, 1.82) is 0 Å². The van der Waals surface area contributed by atoms with E-state index in [0.29, 0.717) is 0 Å². The number of hydrogen-bond donors (Lipinski definition) is 0. The summed E-state index contributed by atoms with van der Waals surface area (Å²) in [6, 6.07) is 15.2. The summed E-state index contributed by atoms with van der Waals surface area (Å²) in [7, 11) is 0. The lowest BCUT2D eigenvalue weighted by atomic mass is 10.1. The minimum absolute atomic E-state index is 0.0674. The highest BCUT2D eigenvalue weighted by atomic mass is 16.5. The molecule has 2 aromatic heterocycles. The van der Waals surface area contributed by atoms with Crippen LogP contribution in [0.2, 0.25) is 0 Å². The van der Waals surface area contributed by atoms with E-state index < -0.39 is 0 Å². The number of benzene rings is 1. The van der Waals surface area contributed by atoms with E-state index in [9.17, 15) is 0 Å². The Morgan fingerprint density at radius 2 is 1.79 bits per heavy atom. The minimum atomic E-state index is 0.0674. The summed E-state index contributed by atoms with van der Waals surface area (Å²) in [5.41, 5.74) is 5.12. The summed E-state index contributed by atoms with van der Waals surface area (Å²) in [6.45, 7) is 5.57. The standard InChI is InChI=1S/C24H30N4O/c1-2-20-8-10-21(11-9-20)17-27(18-22-6-5-13-25-16-22)19-23-12-14-26-28(23)24-7-3-4-15-29-24/h5-6,8-14,16,24H,2-4,7,15,17-19H2,1H3/t24-/m1/s1. The molecule has 0 aliphatic carbocycles. The predicted molar refractivity (Wildman–Crippen MR) is 114 cm³/mol. The Hall–Kier alpha value is -2.50. The lowest BCUT2D eigenvalue weighted by Crippen LogP contribution is -2.27. The fourth-order valence-corrected chi connectivity index (χ4v) is 3.93. The van der Waals surface area contributed by atoms with Crippen LogP contribution >= 0.6 is 0 Å². The Morgan fingerprint density at radius 1 is 0.966 bits per heavy atom. The minimum Gasteiger partial charge on any atom is -0.357 e. The fourth-order valence-electron chi connectivity index (χ4n) is 3.93. The van der Waals surface area contributed by atoms with Crippen LogP contribution in [0.25, 0.3) is 0 Å². The molecule has 0 bridgehead atoms. The van der Waals surface area contributed by atoms with Crippen molar-refractivity contribution in [2.75, 3.05) is 6.61 Å². The van der Waals surface area contributed by atoms with E-state index >= 15 is 0 Å². The van der Waals surface area contributed by atoms with Gasteiger partial charge in [-0.15, -0.1) is 0 Å². The molecule has 0 unspecified atom stereocenters. The highest BCUT2D eigenvalue weighted by Gasteiger charge is 2.20. The molecule has 3 aromatic rings. The zero-order chi connectivity index (χ0) is 19.9. The third-order valence-corrected chi connectivity index (χ3v) is 5.53. The molecular formula is C24H30N4O. The molecule has 29 heavy (non-hydrogen) atoms. The molecule has 0 spiro atoms. The van der Waals surface area contributed by atoms with E-state index in [4.69, 9.17) is 4.74 Å². The van der Waals surface area contributed by atoms with Gasteiger partial charge in [-0.2, -0.15) is 5.10 Å². The number of rotatable bonds is 8. The van der Waals surface area contributed by atoms with E-state index in [-0.39, 0.29) is 6.23 Å². The van der Waals surface area contributed by atoms with Gasteiger partial charge in [-0.25, -0.2) is 4.68 Å². The molecule has 1 aliphatic rings. The molecule has 1 aromatic carbocycles. The lowest BCUT2D eigenvalue weighted by molar-refractivity contribution is -0.0421. The average molecular weight is 391 g/mol. The zero-order valence-electron chi connectivity index (χ0n) is 17.2. The van der Waals surface area contributed by atoms with Crippen LogP contribution in [0.4, 0.5) is 0 Å². The zero-order valence-corrected chi connectivity index (χ0v) is 17.2. The van der Waals surface area contributed by atoms with Crippen LogP contribution in [-0.2, 0) is 30.8 Å². The van der Waals surface area contributed by atoms with Crippen molar-refractivity contribution < 1.29 is 4.74 Å². The van der Waals surface area contributed by atoms with Crippen molar-refractivity contribution in [2.45, 2.75) is 58.5 Å². The quantitative estimate of drug-likeness (QED) is 0.557. The van der Waals surface area contributed by atoms with Crippen LogP contribution < -0.4 is 0 Å². The highest BCUT2D eigenvalue weighted by molar-refractivity contribution is 5.22. The summed E-state index contributed by atoms with van der Waals surface area (Å²) in [5.74, 6) is 0. The van der Waals surface area contributed by atoms with Crippen molar-refractivity contribution in [1.82, 2.24) is 19.7 Å². The molecular weight excluding hydrogens is 360 g/mol. The second kappa shape index (κ2) is 9.81. The van der Waals surface area contributed by atoms with Gasteiger partial charge in [0.15, 0.2) is 6.23 Å². The highest BCUT2D eigenvalue weighted by Crippen LogP contribution is 2.24. The molecule has 3 heterocycles. The molecule has 0 saturated carbocycles. The summed E-state index contributed by atoms with van der Waals surface area (Å²) in [6.07, 6.45) is 10.2. The number of nitrogens with zero attached hydrogens (tertiary/aromatic N) is 4. The summed E-state index contributed by atoms with van der Waals surface area (Å²) in [5, 5.41) is 4.58. The van der Waals surface area contributed by atoms with Gasteiger partial charge >= 0.3 is 0 Å². The Labute approximate surface area is 173 Å². The largest absolute Gasteiger partial charge is 0.357 e. The maximum Gasteiger partial charge on any atom is 0.150 e. The van der Waals surface area contributed by atoms with E-state index in [2.05, 4.69) is 63.0 Å². The average Bonchev–Trinajstić information content (AvgIpc) is 3.24. The molecule has 152 valence electrons.